The van der Waals surface area contributed by atoms with Crippen LogP contribution in [0.25, 0.3) is 0 Å². The summed E-state index contributed by atoms with van der Waals surface area (Å²) in [7, 11) is 1.65. The van der Waals surface area contributed by atoms with Crippen LogP contribution in [0.2, 0.25) is 0 Å². The van der Waals surface area contributed by atoms with Crippen LogP contribution < -0.4 is 15.2 Å². The Balaban J connectivity index is 1.76. The predicted octanol–water partition coefficient (Wildman–Crippen LogP) is 4.04. The zero-order valence-corrected chi connectivity index (χ0v) is 19.1. The molecule has 31 heavy (non-hydrogen) atoms. The smallest absolute Gasteiger partial charge is 0.244 e. The number of benzene rings is 1. The number of allylic oxidation sites excluding steroid dienone is 1. The largest absolute Gasteiger partial charge is 0.496 e. The molecule has 0 unspecified atom stereocenters. The molecule has 1 atom stereocenters. The molecule has 0 bridgehead atoms. The molecule has 160 valence electrons. The zero-order valence-electron chi connectivity index (χ0n) is 17.4. The first kappa shape index (κ1) is 21.2. The molecule has 8 nitrogen and oxygen atoms in total. The van der Waals surface area contributed by atoms with Gasteiger partial charge in [-0.3, -0.25) is 5.10 Å². The van der Waals surface area contributed by atoms with Crippen molar-refractivity contribution in [3.05, 3.63) is 57.0 Å². The first-order chi connectivity index (χ1) is 15.0. The number of aromatic amines is 1. The number of nitriles is 1. The lowest BCUT2D eigenvalue weighted by atomic mass is 9.83. The Labute approximate surface area is 188 Å². The van der Waals surface area contributed by atoms with Gasteiger partial charge in [-0.2, -0.15) is 5.26 Å². The maximum atomic E-state index is 9.86. The lowest BCUT2D eigenvalue weighted by Gasteiger charge is -2.25. The molecule has 3 aromatic rings. The number of aryl methyl sites for hydroxylation is 2. The van der Waals surface area contributed by atoms with Crippen LogP contribution in [-0.2, 0) is 12.2 Å². The molecule has 0 amide bonds. The normalized spacial score (nSPS) is 15.4. The minimum atomic E-state index is -0.354. The van der Waals surface area contributed by atoms with Gasteiger partial charge in [-0.15, -0.1) is 15.3 Å². The van der Waals surface area contributed by atoms with Crippen LogP contribution in [0.3, 0.4) is 0 Å². The molecule has 1 aromatic carbocycles. The fraction of sp³-hybridized carbons (Fsp3) is 0.333. The van der Waals surface area contributed by atoms with Crippen molar-refractivity contribution in [1.29, 1.82) is 5.26 Å². The maximum Gasteiger partial charge on any atom is 0.244 e. The molecule has 3 heterocycles. The number of nitrogens with two attached hydrogens (primary N) is 1. The number of nitrogens with zero attached hydrogens (tertiary/aromatic N) is 4. The molecule has 1 aliphatic heterocycles. The van der Waals surface area contributed by atoms with Gasteiger partial charge in [-0.25, -0.2) is 0 Å². The number of H-pyrrole nitrogens is 1. The van der Waals surface area contributed by atoms with Crippen molar-refractivity contribution >= 4 is 23.1 Å². The number of nitrogens with one attached hydrogen (secondary N) is 1. The SMILES string of the molecule is CCCc1[nH]nc2c1[C@@H](c1ccc(OC)c(CSc3nnc(C)s3)c1)C(C#N)=C(N)O2. The lowest BCUT2D eigenvalue weighted by Crippen LogP contribution is -2.21. The van der Waals surface area contributed by atoms with Crippen molar-refractivity contribution in [2.45, 2.75) is 42.7 Å². The maximum absolute atomic E-state index is 9.86. The summed E-state index contributed by atoms with van der Waals surface area (Å²) in [4.78, 5) is 0. The number of fused-ring (bicyclic) bond motifs is 1. The van der Waals surface area contributed by atoms with Crippen molar-refractivity contribution < 1.29 is 9.47 Å². The predicted molar refractivity (Wildman–Crippen MR) is 119 cm³/mol. The topological polar surface area (TPSA) is 123 Å². The van der Waals surface area contributed by atoms with Gasteiger partial charge in [-0.1, -0.05) is 48.6 Å². The summed E-state index contributed by atoms with van der Waals surface area (Å²) >= 11 is 3.17. The number of rotatable bonds is 7. The second-order valence-corrected chi connectivity index (χ2v) is 9.45. The number of ether oxygens (including phenoxy) is 2. The van der Waals surface area contributed by atoms with Crippen LogP contribution in [0, 0.1) is 18.3 Å². The van der Waals surface area contributed by atoms with Crippen LogP contribution in [0.5, 0.6) is 11.6 Å². The van der Waals surface area contributed by atoms with E-state index in [0.717, 1.165) is 50.3 Å². The van der Waals surface area contributed by atoms with Crippen molar-refractivity contribution in [2.24, 2.45) is 5.73 Å². The quantitative estimate of drug-likeness (QED) is 0.513. The Morgan fingerprint density at radius 1 is 1.39 bits per heavy atom. The van der Waals surface area contributed by atoms with Crippen molar-refractivity contribution in [2.75, 3.05) is 7.11 Å². The molecular formula is C21H22N6O2S2. The fourth-order valence-electron chi connectivity index (χ4n) is 3.65. The summed E-state index contributed by atoms with van der Waals surface area (Å²) in [5.74, 6) is 1.61. The average Bonchev–Trinajstić information content (AvgIpc) is 3.37. The highest BCUT2D eigenvalue weighted by Gasteiger charge is 2.35. The van der Waals surface area contributed by atoms with E-state index < -0.39 is 0 Å². The molecule has 0 saturated carbocycles. The summed E-state index contributed by atoms with van der Waals surface area (Å²) < 4.78 is 12.1. The van der Waals surface area contributed by atoms with Gasteiger partial charge < -0.3 is 15.2 Å². The van der Waals surface area contributed by atoms with Gasteiger partial charge in [0, 0.05) is 22.6 Å². The molecule has 3 N–H and O–H groups in total. The Bertz CT molecular complexity index is 1180. The second-order valence-electron chi connectivity index (χ2n) is 7.04. The molecule has 1 aliphatic rings. The fourth-order valence-corrected chi connectivity index (χ4v) is 5.44. The number of hydrogen-bond donors (Lipinski definition) is 2. The second kappa shape index (κ2) is 8.99. The third-order valence-electron chi connectivity index (χ3n) is 5.01. The van der Waals surface area contributed by atoms with Crippen molar-refractivity contribution in [1.82, 2.24) is 20.4 Å². The van der Waals surface area contributed by atoms with Crippen LogP contribution >= 0.6 is 23.1 Å². The van der Waals surface area contributed by atoms with Crippen molar-refractivity contribution in [3.63, 3.8) is 0 Å². The van der Waals surface area contributed by atoms with Crippen LogP contribution in [0.4, 0.5) is 0 Å². The third-order valence-corrected chi connectivity index (χ3v) is 7.04. The van der Waals surface area contributed by atoms with Crippen LogP contribution in [-0.4, -0.2) is 27.5 Å². The van der Waals surface area contributed by atoms with Gasteiger partial charge in [0.05, 0.1) is 13.0 Å². The van der Waals surface area contributed by atoms with E-state index in [2.05, 4.69) is 39.5 Å². The van der Waals surface area contributed by atoms with Gasteiger partial charge in [0.2, 0.25) is 11.8 Å². The van der Waals surface area contributed by atoms with E-state index in [4.69, 9.17) is 15.2 Å². The molecule has 4 rings (SSSR count). The lowest BCUT2D eigenvalue weighted by molar-refractivity contribution is 0.378. The highest BCUT2D eigenvalue weighted by atomic mass is 32.2. The van der Waals surface area contributed by atoms with E-state index in [1.807, 2.05) is 19.1 Å². The highest BCUT2D eigenvalue weighted by Crippen LogP contribution is 2.44. The molecule has 0 fully saturated rings. The Hall–Kier alpha value is -3.03. The monoisotopic (exact) mass is 454 g/mol. The van der Waals surface area contributed by atoms with Gasteiger partial charge in [0.25, 0.3) is 0 Å². The third kappa shape index (κ3) is 4.11. The molecule has 0 radical (unpaired) electrons. The van der Waals surface area contributed by atoms with Gasteiger partial charge >= 0.3 is 0 Å². The Morgan fingerprint density at radius 3 is 2.90 bits per heavy atom. The van der Waals surface area contributed by atoms with Crippen LogP contribution in [0.15, 0.2) is 34.0 Å². The van der Waals surface area contributed by atoms with Crippen LogP contribution in [0.1, 0.15) is 46.7 Å². The molecule has 0 aliphatic carbocycles. The summed E-state index contributed by atoms with van der Waals surface area (Å²) in [6.45, 7) is 4.03. The highest BCUT2D eigenvalue weighted by molar-refractivity contribution is 8.00. The minimum absolute atomic E-state index is 0.0885. The van der Waals surface area contributed by atoms with E-state index in [0.29, 0.717) is 17.2 Å². The van der Waals surface area contributed by atoms with Gasteiger partial charge in [-0.05, 0) is 25.0 Å². The summed E-state index contributed by atoms with van der Waals surface area (Å²) in [6.07, 6.45) is 1.74. The molecule has 2 aromatic heterocycles. The van der Waals surface area contributed by atoms with Gasteiger partial charge in [0.15, 0.2) is 4.34 Å². The first-order valence-electron chi connectivity index (χ1n) is 9.80. The molecule has 0 saturated heterocycles. The number of aromatic nitrogens is 4. The van der Waals surface area contributed by atoms with E-state index in [1.165, 1.54) is 0 Å². The Kier molecular flexibility index (Phi) is 6.15. The van der Waals surface area contributed by atoms with E-state index in [1.54, 1.807) is 30.2 Å². The minimum Gasteiger partial charge on any atom is -0.496 e. The van der Waals surface area contributed by atoms with Gasteiger partial charge in [0.1, 0.15) is 22.4 Å². The first-order valence-corrected chi connectivity index (χ1v) is 11.6. The molecule has 10 heteroatoms. The summed E-state index contributed by atoms with van der Waals surface area (Å²) in [5, 5.41) is 26.4. The summed E-state index contributed by atoms with van der Waals surface area (Å²) in [5.41, 5.74) is 10.2. The average molecular weight is 455 g/mol. The standard InChI is InChI=1S/C21H22N6O2S2/c1-4-5-15-18-17(14(9-22)19(23)29-20(18)26-25-15)12-6-7-16(28-3)13(8-12)10-30-21-27-24-11(2)31-21/h6-8,17H,4-5,10,23H2,1-3H3,(H,25,26)/t17-/m0/s1. The van der Waals surface area contributed by atoms with E-state index in [-0.39, 0.29) is 11.8 Å². The zero-order chi connectivity index (χ0) is 22.0. The number of methoxy groups -OCH3 is 1. The van der Waals surface area contributed by atoms with E-state index in [9.17, 15) is 5.26 Å². The summed E-state index contributed by atoms with van der Waals surface area (Å²) in [6, 6.07) is 8.20. The number of hydrogen-bond acceptors (Lipinski definition) is 9. The molecular weight excluding hydrogens is 432 g/mol. The molecule has 0 spiro atoms. The van der Waals surface area contributed by atoms with Crippen molar-refractivity contribution in [3.8, 4) is 17.7 Å². The number of thioether (sulfide) groups is 1. The van der Waals surface area contributed by atoms with E-state index >= 15 is 0 Å². The Morgan fingerprint density at radius 2 is 2.23 bits per heavy atom.